The molecule has 0 unspecified atom stereocenters. The zero-order valence-corrected chi connectivity index (χ0v) is 13.7. The summed E-state index contributed by atoms with van der Waals surface area (Å²) in [5, 5.41) is 3.15. The summed E-state index contributed by atoms with van der Waals surface area (Å²) in [7, 11) is 0. The molecule has 0 bridgehead atoms. The van der Waals surface area contributed by atoms with Gasteiger partial charge in [-0.3, -0.25) is 4.79 Å². The summed E-state index contributed by atoms with van der Waals surface area (Å²) < 4.78 is 40.5. The van der Waals surface area contributed by atoms with E-state index in [0.717, 1.165) is 23.0 Å². The third kappa shape index (κ3) is 3.96. The number of aryl methyl sites for hydroxylation is 1. The maximum atomic E-state index is 12.8. The summed E-state index contributed by atoms with van der Waals surface area (Å²) in [5.74, 6) is -0.367. The Morgan fingerprint density at radius 1 is 1.12 bits per heavy atom. The molecule has 3 nitrogen and oxygen atoms in total. The fourth-order valence-corrected chi connectivity index (χ4v) is 2.83. The van der Waals surface area contributed by atoms with Crippen LogP contribution in [-0.4, -0.2) is 10.5 Å². The van der Waals surface area contributed by atoms with Crippen molar-refractivity contribution in [2.45, 2.75) is 19.1 Å². The largest absolute Gasteiger partial charge is 0.417 e. The first-order valence-corrected chi connectivity index (χ1v) is 7.93. The van der Waals surface area contributed by atoms with E-state index in [1.807, 2.05) is 41.1 Å². The van der Waals surface area contributed by atoms with Crippen molar-refractivity contribution in [1.82, 2.24) is 4.57 Å². The second-order valence-electron chi connectivity index (χ2n) is 5.56. The summed E-state index contributed by atoms with van der Waals surface area (Å²) in [6.45, 7) is 0.430. The molecule has 0 fully saturated rings. The molecule has 2 aromatic carbocycles. The summed E-state index contributed by atoms with van der Waals surface area (Å²) in [6.07, 6.45) is -2.55. The fraction of sp³-hybridized carbons (Fsp3) is 0.167. The molecule has 0 saturated heterocycles. The lowest BCUT2D eigenvalue weighted by Crippen LogP contribution is -2.15. The highest BCUT2D eigenvalue weighted by Crippen LogP contribution is 2.36. The molecule has 0 radical (unpaired) electrons. The molecular weight excluding hydrogens is 353 g/mol. The lowest BCUT2D eigenvalue weighted by atomic mass is 10.2. The minimum Gasteiger partial charge on any atom is -0.347 e. The summed E-state index contributed by atoms with van der Waals surface area (Å²) in [6, 6.07) is 13.0. The lowest BCUT2D eigenvalue weighted by Gasteiger charge is -2.12. The van der Waals surface area contributed by atoms with E-state index in [9.17, 15) is 18.0 Å². The summed E-state index contributed by atoms with van der Waals surface area (Å²) >= 11 is 5.57. The number of benzene rings is 2. The van der Waals surface area contributed by atoms with E-state index in [2.05, 4.69) is 5.32 Å². The molecule has 0 aliphatic heterocycles. The molecule has 0 aliphatic rings. The van der Waals surface area contributed by atoms with Gasteiger partial charge in [-0.25, -0.2) is 0 Å². The van der Waals surface area contributed by atoms with Crippen molar-refractivity contribution < 1.29 is 18.0 Å². The summed E-state index contributed by atoms with van der Waals surface area (Å²) in [4.78, 5) is 12.1. The smallest absolute Gasteiger partial charge is 0.347 e. The van der Waals surface area contributed by atoms with Gasteiger partial charge >= 0.3 is 6.18 Å². The standard InChI is InChI=1S/C18H14ClF3N2O/c19-15-6-5-13(11-14(15)18(20,21)22)23-17(25)8-10-24-9-7-12-3-1-2-4-16(12)24/h1-7,9,11H,8,10H2,(H,23,25). The first-order valence-electron chi connectivity index (χ1n) is 7.55. The van der Waals surface area contributed by atoms with Crippen LogP contribution in [0.15, 0.2) is 54.7 Å². The molecule has 1 N–H and O–H groups in total. The number of para-hydroxylation sites is 1. The maximum absolute atomic E-state index is 12.8. The Bertz CT molecular complexity index is 918. The Kier molecular flexibility index (Phi) is 4.72. The van der Waals surface area contributed by atoms with Gasteiger partial charge in [-0.15, -0.1) is 0 Å². The van der Waals surface area contributed by atoms with E-state index < -0.39 is 16.8 Å². The second kappa shape index (κ2) is 6.80. The van der Waals surface area contributed by atoms with Crippen LogP contribution in [0.2, 0.25) is 5.02 Å². The molecule has 0 spiro atoms. The molecule has 0 aliphatic carbocycles. The van der Waals surface area contributed by atoms with E-state index in [-0.39, 0.29) is 18.0 Å². The Morgan fingerprint density at radius 2 is 1.88 bits per heavy atom. The van der Waals surface area contributed by atoms with Crippen molar-refractivity contribution in [2.75, 3.05) is 5.32 Å². The quantitative estimate of drug-likeness (QED) is 0.664. The third-order valence-electron chi connectivity index (χ3n) is 3.82. The van der Waals surface area contributed by atoms with Crippen molar-refractivity contribution in [3.8, 4) is 0 Å². The number of nitrogens with zero attached hydrogens (tertiary/aromatic N) is 1. The van der Waals surface area contributed by atoms with E-state index in [0.29, 0.717) is 6.54 Å². The maximum Gasteiger partial charge on any atom is 0.417 e. The van der Waals surface area contributed by atoms with Crippen LogP contribution in [-0.2, 0) is 17.5 Å². The number of hydrogen-bond acceptors (Lipinski definition) is 1. The van der Waals surface area contributed by atoms with Crippen LogP contribution in [0.1, 0.15) is 12.0 Å². The van der Waals surface area contributed by atoms with Gasteiger partial charge in [0.25, 0.3) is 0 Å². The van der Waals surface area contributed by atoms with Crippen LogP contribution in [0.4, 0.5) is 18.9 Å². The van der Waals surface area contributed by atoms with Crippen molar-refractivity contribution in [3.63, 3.8) is 0 Å². The minimum atomic E-state index is -4.57. The van der Waals surface area contributed by atoms with Gasteiger partial charge in [-0.2, -0.15) is 13.2 Å². The number of rotatable bonds is 4. The highest BCUT2D eigenvalue weighted by molar-refractivity contribution is 6.31. The first kappa shape index (κ1) is 17.4. The SMILES string of the molecule is O=C(CCn1ccc2ccccc21)Nc1ccc(Cl)c(C(F)(F)F)c1. The van der Waals surface area contributed by atoms with Gasteiger partial charge in [0.15, 0.2) is 0 Å². The predicted molar refractivity (Wildman–Crippen MR) is 91.6 cm³/mol. The van der Waals surface area contributed by atoms with E-state index in [4.69, 9.17) is 11.6 Å². The number of aromatic nitrogens is 1. The Labute approximate surface area is 147 Å². The minimum absolute atomic E-state index is 0.0686. The zero-order valence-electron chi connectivity index (χ0n) is 13.0. The van der Waals surface area contributed by atoms with Crippen LogP contribution < -0.4 is 5.32 Å². The van der Waals surface area contributed by atoms with Crippen LogP contribution >= 0.6 is 11.6 Å². The fourth-order valence-electron chi connectivity index (χ4n) is 2.60. The number of hydrogen-bond donors (Lipinski definition) is 1. The molecule has 1 amide bonds. The Balaban J connectivity index is 1.67. The van der Waals surface area contributed by atoms with Gasteiger partial charge in [0.2, 0.25) is 5.91 Å². The number of nitrogens with one attached hydrogen (secondary N) is 1. The Morgan fingerprint density at radius 3 is 2.64 bits per heavy atom. The Hall–Kier alpha value is -2.47. The third-order valence-corrected chi connectivity index (χ3v) is 4.15. The highest BCUT2D eigenvalue weighted by atomic mass is 35.5. The molecule has 0 atom stereocenters. The topological polar surface area (TPSA) is 34.0 Å². The molecule has 7 heteroatoms. The van der Waals surface area contributed by atoms with Crippen molar-refractivity contribution in [1.29, 1.82) is 0 Å². The molecule has 1 aromatic heterocycles. The van der Waals surface area contributed by atoms with Gasteiger partial charge in [0.05, 0.1) is 10.6 Å². The van der Waals surface area contributed by atoms with Crippen LogP contribution in [0, 0.1) is 0 Å². The first-order chi connectivity index (χ1) is 11.8. The number of alkyl halides is 3. The van der Waals surface area contributed by atoms with Crippen molar-refractivity contribution in [3.05, 3.63) is 65.3 Å². The number of anilines is 1. The molecule has 130 valence electrons. The van der Waals surface area contributed by atoms with Gasteiger partial charge in [-0.05, 0) is 35.7 Å². The second-order valence-corrected chi connectivity index (χ2v) is 5.97. The number of halogens is 4. The van der Waals surface area contributed by atoms with Crippen LogP contribution in [0.3, 0.4) is 0 Å². The number of carbonyl (C=O) groups excluding carboxylic acids is 1. The molecule has 3 aromatic rings. The molecule has 3 rings (SSSR count). The van der Waals surface area contributed by atoms with Crippen LogP contribution in [0.5, 0.6) is 0 Å². The normalized spacial score (nSPS) is 11.7. The van der Waals surface area contributed by atoms with Gasteiger partial charge in [-0.1, -0.05) is 29.8 Å². The number of amides is 1. The van der Waals surface area contributed by atoms with Gasteiger partial charge < -0.3 is 9.88 Å². The van der Waals surface area contributed by atoms with Crippen molar-refractivity contribution in [2.24, 2.45) is 0 Å². The molecular formula is C18H14ClF3N2O. The highest BCUT2D eigenvalue weighted by Gasteiger charge is 2.33. The molecule has 1 heterocycles. The molecule has 0 saturated carbocycles. The molecule has 25 heavy (non-hydrogen) atoms. The monoisotopic (exact) mass is 366 g/mol. The zero-order chi connectivity index (χ0) is 18.0. The van der Waals surface area contributed by atoms with E-state index in [1.54, 1.807) is 0 Å². The van der Waals surface area contributed by atoms with Gasteiger partial charge in [0.1, 0.15) is 0 Å². The lowest BCUT2D eigenvalue weighted by molar-refractivity contribution is -0.137. The number of carbonyl (C=O) groups is 1. The van der Waals surface area contributed by atoms with Crippen LogP contribution in [0.25, 0.3) is 10.9 Å². The number of fused-ring (bicyclic) bond motifs is 1. The van der Waals surface area contributed by atoms with E-state index >= 15 is 0 Å². The van der Waals surface area contributed by atoms with Gasteiger partial charge in [0, 0.05) is 30.4 Å². The summed E-state index contributed by atoms with van der Waals surface area (Å²) in [5.41, 5.74) is 0.101. The van der Waals surface area contributed by atoms with E-state index in [1.165, 1.54) is 6.07 Å². The average Bonchev–Trinajstić information content (AvgIpc) is 2.97. The van der Waals surface area contributed by atoms with Crippen molar-refractivity contribution >= 4 is 34.1 Å². The average molecular weight is 367 g/mol. The predicted octanol–water partition coefficient (Wildman–Crippen LogP) is 5.34.